The summed E-state index contributed by atoms with van der Waals surface area (Å²) in [6.45, 7) is 0.574. The van der Waals surface area contributed by atoms with Crippen molar-refractivity contribution in [2.45, 2.75) is 6.92 Å². The predicted octanol–water partition coefficient (Wildman–Crippen LogP) is 1.63. The lowest BCUT2D eigenvalue weighted by molar-refractivity contribution is -0.150. The van der Waals surface area contributed by atoms with Crippen LogP contribution >= 0.6 is 23.2 Å². The minimum Gasteiger partial charge on any atom is -0.478 e. The number of nitrogens with zero attached hydrogens (tertiary/aromatic N) is 1. The fraction of sp³-hybridized carbons (Fsp3) is 0.294. The molecule has 1 heterocycles. The molecule has 0 aliphatic heterocycles. The van der Waals surface area contributed by atoms with Gasteiger partial charge in [0.2, 0.25) is 5.91 Å². The van der Waals surface area contributed by atoms with Gasteiger partial charge in [-0.25, -0.2) is 9.78 Å². The van der Waals surface area contributed by atoms with Crippen LogP contribution in [0.15, 0.2) is 18.2 Å². The van der Waals surface area contributed by atoms with Gasteiger partial charge >= 0.3 is 5.97 Å². The Balaban J connectivity index is 1.96. The lowest BCUT2D eigenvalue weighted by Crippen LogP contribution is -2.37. The zero-order chi connectivity index (χ0) is 20.0. The van der Waals surface area contributed by atoms with E-state index < -0.39 is 25.1 Å². The van der Waals surface area contributed by atoms with E-state index in [-0.39, 0.29) is 23.2 Å². The second-order valence-electron chi connectivity index (χ2n) is 5.42. The summed E-state index contributed by atoms with van der Waals surface area (Å²) in [6.07, 6.45) is 0. The van der Waals surface area contributed by atoms with Gasteiger partial charge in [-0.1, -0.05) is 23.2 Å². The van der Waals surface area contributed by atoms with Crippen LogP contribution in [0.1, 0.15) is 5.69 Å². The molecule has 0 aliphatic carbocycles. The molecular weight excluding hydrogens is 397 g/mol. The summed E-state index contributed by atoms with van der Waals surface area (Å²) in [7, 11) is 1.44. The van der Waals surface area contributed by atoms with Crippen LogP contribution in [0.2, 0.25) is 10.0 Å². The summed E-state index contributed by atoms with van der Waals surface area (Å²) < 4.78 is 10.2. The molecule has 0 bridgehead atoms. The van der Waals surface area contributed by atoms with Gasteiger partial charge in [0, 0.05) is 18.1 Å². The third-order valence-corrected chi connectivity index (χ3v) is 3.99. The topological polar surface area (TPSA) is 107 Å². The molecule has 0 spiro atoms. The molecule has 0 saturated carbocycles. The molecule has 2 aromatic rings. The number of hydrogen-bond donors (Lipinski definition) is 2. The number of nitrogens with one attached hydrogen (secondary N) is 2. The number of hydrogen-bond acceptors (Lipinski definition) is 6. The number of carbonyl (C=O) groups excluding carboxylic acids is 3. The first-order valence-electron chi connectivity index (χ1n) is 7.83. The third-order valence-electron chi connectivity index (χ3n) is 3.40. The zero-order valence-corrected chi connectivity index (χ0v) is 16.1. The van der Waals surface area contributed by atoms with E-state index in [2.05, 4.69) is 15.6 Å². The van der Waals surface area contributed by atoms with Crippen LogP contribution in [0, 0.1) is 6.92 Å². The second kappa shape index (κ2) is 9.38. The largest absolute Gasteiger partial charge is 0.478 e. The minimum atomic E-state index is -0.781. The number of pyridine rings is 1. The molecule has 0 atom stereocenters. The highest BCUT2D eigenvalue weighted by Gasteiger charge is 2.16. The highest BCUT2D eigenvalue weighted by Crippen LogP contribution is 2.37. The number of rotatable bonds is 7. The number of fused-ring (bicyclic) bond motifs is 1. The maximum atomic E-state index is 11.8. The summed E-state index contributed by atoms with van der Waals surface area (Å²) in [6, 6.07) is 5.06. The number of ether oxygens (including phenoxy) is 2. The van der Waals surface area contributed by atoms with E-state index in [9.17, 15) is 14.4 Å². The molecule has 27 heavy (non-hydrogen) atoms. The van der Waals surface area contributed by atoms with Crippen molar-refractivity contribution in [3.05, 3.63) is 33.9 Å². The molecule has 0 aliphatic rings. The summed E-state index contributed by atoms with van der Waals surface area (Å²) in [5, 5.41) is 5.87. The van der Waals surface area contributed by atoms with Crippen LogP contribution in [-0.2, 0) is 19.1 Å². The van der Waals surface area contributed by atoms with Crippen molar-refractivity contribution in [2.75, 3.05) is 26.8 Å². The first-order valence-corrected chi connectivity index (χ1v) is 8.58. The number of aromatic nitrogens is 1. The Kier molecular flexibility index (Phi) is 7.20. The molecule has 0 unspecified atom stereocenters. The molecule has 8 nitrogen and oxygen atoms in total. The maximum Gasteiger partial charge on any atom is 0.344 e. The molecule has 1 aromatic heterocycles. The minimum absolute atomic E-state index is 0.195. The number of carbonyl (C=O) groups is 3. The quantitative estimate of drug-likeness (QED) is 0.668. The van der Waals surface area contributed by atoms with Gasteiger partial charge in [-0.05, 0) is 25.1 Å². The van der Waals surface area contributed by atoms with Crippen LogP contribution in [0.5, 0.6) is 5.75 Å². The molecule has 2 N–H and O–H groups in total. The Labute approximate surface area is 165 Å². The number of amides is 2. The molecule has 2 amide bonds. The van der Waals surface area contributed by atoms with E-state index in [1.807, 2.05) is 0 Å². The van der Waals surface area contributed by atoms with E-state index >= 15 is 0 Å². The molecule has 0 fully saturated rings. The first kappa shape index (κ1) is 20.7. The van der Waals surface area contributed by atoms with E-state index in [0.717, 1.165) is 5.69 Å². The van der Waals surface area contributed by atoms with E-state index in [0.29, 0.717) is 15.9 Å². The molecule has 2 rings (SSSR count). The van der Waals surface area contributed by atoms with E-state index in [1.165, 1.54) is 13.1 Å². The smallest absolute Gasteiger partial charge is 0.344 e. The molecule has 0 radical (unpaired) electrons. The summed E-state index contributed by atoms with van der Waals surface area (Å²) in [5.41, 5.74) is 1.14. The number of aryl methyl sites for hydroxylation is 1. The van der Waals surface area contributed by atoms with E-state index in [4.69, 9.17) is 32.7 Å². The molecular formula is C17H17Cl2N3O5. The van der Waals surface area contributed by atoms with Crippen molar-refractivity contribution in [2.24, 2.45) is 0 Å². The van der Waals surface area contributed by atoms with Crippen LogP contribution in [-0.4, -0.2) is 49.6 Å². The van der Waals surface area contributed by atoms with Crippen molar-refractivity contribution in [3.8, 4) is 5.75 Å². The highest BCUT2D eigenvalue weighted by molar-refractivity contribution is 6.39. The lowest BCUT2D eigenvalue weighted by Gasteiger charge is -2.12. The van der Waals surface area contributed by atoms with Gasteiger partial charge in [0.1, 0.15) is 5.52 Å². The number of halogens is 2. The van der Waals surface area contributed by atoms with Gasteiger partial charge in [0.15, 0.2) is 19.0 Å². The third kappa shape index (κ3) is 5.70. The number of benzene rings is 1. The summed E-state index contributed by atoms with van der Waals surface area (Å²) in [4.78, 5) is 38.7. The molecule has 10 heteroatoms. The summed E-state index contributed by atoms with van der Waals surface area (Å²) >= 11 is 12.3. The molecule has 144 valence electrons. The van der Waals surface area contributed by atoms with Crippen molar-refractivity contribution in [1.82, 2.24) is 15.6 Å². The summed E-state index contributed by atoms with van der Waals surface area (Å²) in [5.74, 6) is -1.57. The number of likely N-dealkylation sites (N-methyl/N-ethyl adjacent to an activating group) is 1. The fourth-order valence-corrected chi connectivity index (χ4v) is 2.64. The molecule has 0 saturated heterocycles. The Morgan fingerprint density at radius 2 is 1.85 bits per heavy atom. The van der Waals surface area contributed by atoms with Crippen molar-refractivity contribution in [1.29, 1.82) is 0 Å². The number of esters is 1. The second-order valence-corrected chi connectivity index (χ2v) is 6.23. The SMILES string of the molecule is CNC(=O)CNC(=O)COC(=O)COc1c(Cl)cc(Cl)c2ccc(C)nc12. The van der Waals surface area contributed by atoms with Crippen LogP contribution in [0.3, 0.4) is 0 Å². The van der Waals surface area contributed by atoms with Crippen LogP contribution < -0.4 is 15.4 Å². The van der Waals surface area contributed by atoms with Crippen LogP contribution in [0.25, 0.3) is 10.9 Å². The Bertz CT molecular complexity index is 888. The Morgan fingerprint density at radius 1 is 1.11 bits per heavy atom. The highest BCUT2D eigenvalue weighted by atomic mass is 35.5. The van der Waals surface area contributed by atoms with Crippen molar-refractivity contribution in [3.63, 3.8) is 0 Å². The lowest BCUT2D eigenvalue weighted by atomic mass is 10.2. The van der Waals surface area contributed by atoms with Gasteiger partial charge < -0.3 is 20.1 Å². The van der Waals surface area contributed by atoms with Crippen molar-refractivity contribution >= 4 is 51.9 Å². The van der Waals surface area contributed by atoms with E-state index in [1.54, 1.807) is 19.1 Å². The maximum absolute atomic E-state index is 11.8. The fourth-order valence-electron chi connectivity index (χ4n) is 2.06. The predicted molar refractivity (Wildman–Crippen MR) is 100 cm³/mol. The van der Waals surface area contributed by atoms with Gasteiger partial charge in [-0.15, -0.1) is 0 Å². The standard InChI is InChI=1S/C17H17Cl2N3O5/c1-9-3-4-10-11(18)5-12(19)17(16(10)22-9)27-8-15(25)26-7-14(24)21-6-13(23)20-2/h3-5H,6-8H2,1-2H3,(H,20,23)(H,21,24). The van der Waals surface area contributed by atoms with Gasteiger partial charge in [0.25, 0.3) is 5.91 Å². The molecule has 1 aromatic carbocycles. The monoisotopic (exact) mass is 413 g/mol. The van der Waals surface area contributed by atoms with Gasteiger partial charge in [-0.3, -0.25) is 9.59 Å². The normalized spacial score (nSPS) is 10.4. The van der Waals surface area contributed by atoms with Gasteiger partial charge in [-0.2, -0.15) is 0 Å². The zero-order valence-electron chi connectivity index (χ0n) is 14.6. The average Bonchev–Trinajstić information content (AvgIpc) is 2.63. The van der Waals surface area contributed by atoms with Crippen LogP contribution in [0.4, 0.5) is 0 Å². The van der Waals surface area contributed by atoms with Crippen molar-refractivity contribution < 1.29 is 23.9 Å². The average molecular weight is 414 g/mol. The Hall–Kier alpha value is -2.58. The Morgan fingerprint density at radius 3 is 2.56 bits per heavy atom. The van der Waals surface area contributed by atoms with Gasteiger partial charge in [0.05, 0.1) is 16.6 Å². The first-order chi connectivity index (χ1) is 12.8.